The van der Waals surface area contributed by atoms with E-state index in [1.54, 1.807) is 18.2 Å². The van der Waals surface area contributed by atoms with Crippen LogP contribution in [0.2, 0.25) is 0 Å². The molecule has 3 aromatic rings. The molecular formula is C22H21F2N3O2. The number of carbonyl (C=O) groups is 1. The van der Waals surface area contributed by atoms with E-state index >= 15 is 0 Å². The summed E-state index contributed by atoms with van der Waals surface area (Å²) >= 11 is 0. The van der Waals surface area contributed by atoms with Crippen LogP contribution in [0.3, 0.4) is 0 Å². The van der Waals surface area contributed by atoms with Crippen LogP contribution in [-0.2, 0) is 11.3 Å². The molecule has 0 saturated heterocycles. The number of hydrogen-bond acceptors (Lipinski definition) is 3. The van der Waals surface area contributed by atoms with Gasteiger partial charge in [0.05, 0.1) is 23.6 Å². The van der Waals surface area contributed by atoms with Crippen molar-refractivity contribution in [1.29, 1.82) is 0 Å². The number of rotatable bonds is 7. The molecule has 0 aliphatic carbocycles. The van der Waals surface area contributed by atoms with Crippen molar-refractivity contribution < 1.29 is 18.3 Å². The highest BCUT2D eigenvalue weighted by Gasteiger charge is 2.13. The Labute approximate surface area is 167 Å². The van der Waals surface area contributed by atoms with Gasteiger partial charge in [0.25, 0.3) is 0 Å². The third-order valence-electron chi connectivity index (χ3n) is 4.34. The predicted molar refractivity (Wildman–Crippen MR) is 108 cm³/mol. The molecule has 150 valence electrons. The van der Waals surface area contributed by atoms with Gasteiger partial charge in [-0.1, -0.05) is 42.5 Å². The van der Waals surface area contributed by atoms with Crippen LogP contribution in [-0.4, -0.2) is 22.3 Å². The van der Waals surface area contributed by atoms with E-state index in [9.17, 15) is 13.6 Å². The lowest BCUT2D eigenvalue weighted by Gasteiger charge is -2.06. The van der Waals surface area contributed by atoms with Gasteiger partial charge in [0.1, 0.15) is 5.75 Å². The van der Waals surface area contributed by atoms with Gasteiger partial charge in [-0.05, 0) is 43.2 Å². The largest absolute Gasteiger partial charge is 0.435 e. The first kappa shape index (κ1) is 20.3. The highest BCUT2D eigenvalue weighted by atomic mass is 19.3. The van der Waals surface area contributed by atoms with Crippen LogP contribution >= 0.6 is 0 Å². The van der Waals surface area contributed by atoms with Gasteiger partial charge in [-0.2, -0.15) is 13.9 Å². The van der Waals surface area contributed by atoms with E-state index < -0.39 is 6.61 Å². The summed E-state index contributed by atoms with van der Waals surface area (Å²) in [6, 6.07) is 16.0. The number of nitrogens with one attached hydrogen (secondary N) is 1. The average molecular weight is 397 g/mol. The number of nitrogens with zero attached hydrogens (tertiary/aromatic N) is 2. The number of alkyl halides is 2. The molecule has 1 N–H and O–H groups in total. The molecule has 0 aliphatic heterocycles. The fourth-order valence-electron chi connectivity index (χ4n) is 2.89. The third kappa shape index (κ3) is 5.51. The maximum absolute atomic E-state index is 12.3. The smallest absolute Gasteiger partial charge is 0.387 e. The summed E-state index contributed by atoms with van der Waals surface area (Å²) in [5.41, 5.74) is 4.08. The molecule has 1 amide bonds. The summed E-state index contributed by atoms with van der Waals surface area (Å²) in [5, 5.41) is 7.37. The van der Waals surface area contributed by atoms with Gasteiger partial charge in [-0.25, -0.2) is 0 Å². The zero-order valence-corrected chi connectivity index (χ0v) is 16.1. The number of benzene rings is 2. The minimum Gasteiger partial charge on any atom is -0.435 e. The Balaban J connectivity index is 1.65. The summed E-state index contributed by atoms with van der Waals surface area (Å²) < 4.78 is 30.5. The fraction of sp³-hybridized carbons (Fsp3) is 0.182. The van der Waals surface area contributed by atoms with Crippen LogP contribution < -0.4 is 10.1 Å². The topological polar surface area (TPSA) is 56.2 Å². The lowest BCUT2D eigenvalue weighted by Crippen LogP contribution is -2.10. The van der Waals surface area contributed by atoms with Gasteiger partial charge >= 0.3 is 6.61 Å². The van der Waals surface area contributed by atoms with Crippen LogP contribution in [0, 0.1) is 13.8 Å². The normalized spacial score (nSPS) is 11.2. The minimum absolute atomic E-state index is 0.0682. The second-order valence-electron chi connectivity index (χ2n) is 6.46. The van der Waals surface area contributed by atoms with Crippen molar-refractivity contribution in [1.82, 2.24) is 9.78 Å². The Hall–Kier alpha value is -3.48. The molecule has 0 aliphatic rings. The Morgan fingerprint density at radius 1 is 1.14 bits per heavy atom. The van der Waals surface area contributed by atoms with Crippen LogP contribution in [0.4, 0.5) is 14.5 Å². The van der Waals surface area contributed by atoms with E-state index in [4.69, 9.17) is 0 Å². The lowest BCUT2D eigenvalue weighted by atomic mass is 10.2. The molecule has 0 fully saturated rings. The highest BCUT2D eigenvalue weighted by molar-refractivity contribution is 6.02. The van der Waals surface area contributed by atoms with E-state index in [-0.39, 0.29) is 11.7 Å². The number of hydrogen-bond donors (Lipinski definition) is 1. The van der Waals surface area contributed by atoms with E-state index in [0.29, 0.717) is 17.8 Å². The van der Waals surface area contributed by atoms with Gasteiger partial charge in [-0.15, -0.1) is 0 Å². The number of anilines is 1. The molecule has 0 spiro atoms. The van der Waals surface area contributed by atoms with Crippen molar-refractivity contribution in [3.8, 4) is 5.75 Å². The average Bonchev–Trinajstić information content (AvgIpc) is 2.95. The quantitative estimate of drug-likeness (QED) is 0.583. The molecule has 0 unspecified atom stereocenters. The van der Waals surface area contributed by atoms with Gasteiger partial charge in [0.15, 0.2) is 0 Å². The van der Waals surface area contributed by atoms with Crippen molar-refractivity contribution in [2.45, 2.75) is 27.0 Å². The van der Waals surface area contributed by atoms with Gasteiger partial charge in [-0.3, -0.25) is 9.48 Å². The Morgan fingerprint density at radius 2 is 1.83 bits per heavy atom. The molecule has 0 atom stereocenters. The summed E-state index contributed by atoms with van der Waals surface area (Å²) in [6.07, 6.45) is 2.98. The molecule has 7 heteroatoms. The standard InChI is InChI=1S/C22H21F2N3O2/c1-15-21(16(2)27(26-15)14-18-6-4-3-5-7-18)25-20(28)13-10-17-8-11-19(12-9-17)29-22(23)24/h3-13,22H,14H2,1-2H3,(H,25,28)/b13-10-. The molecule has 0 bridgehead atoms. The highest BCUT2D eigenvalue weighted by Crippen LogP contribution is 2.21. The second-order valence-corrected chi connectivity index (χ2v) is 6.46. The zero-order valence-electron chi connectivity index (χ0n) is 16.1. The first-order valence-electron chi connectivity index (χ1n) is 9.04. The molecule has 1 aromatic heterocycles. The Kier molecular flexibility index (Phi) is 6.39. The number of aryl methyl sites for hydroxylation is 1. The van der Waals surface area contributed by atoms with Crippen LogP contribution in [0.5, 0.6) is 5.75 Å². The predicted octanol–water partition coefficient (Wildman–Crippen LogP) is 4.80. The maximum Gasteiger partial charge on any atom is 0.387 e. The number of aromatic nitrogens is 2. The summed E-state index contributed by atoms with van der Waals surface area (Å²) in [6.45, 7) is 1.50. The van der Waals surface area contributed by atoms with E-state index in [1.165, 1.54) is 18.2 Å². The van der Waals surface area contributed by atoms with Crippen LogP contribution in [0.1, 0.15) is 22.5 Å². The Bertz CT molecular complexity index is 997. The van der Waals surface area contributed by atoms with E-state index in [2.05, 4.69) is 15.2 Å². The molecule has 29 heavy (non-hydrogen) atoms. The van der Waals surface area contributed by atoms with Gasteiger partial charge in [0.2, 0.25) is 5.91 Å². The van der Waals surface area contributed by atoms with E-state index in [1.807, 2.05) is 48.9 Å². The molecule has 0 saturated carbocycles. The zero-order chi connectivity index (χ0) is 20.8. The molecule has 1 heterocycles. The van der Waals surface area contributed by atoms with Crippen molar-refractivity contribution >= 4 is 17.7 Å². The lowest BCUT2D eigenvalue weighted by molar-refractivity contribution is -0.111. The maximum atomic E-state index is 12.3. The fourth-order valence-corrected chi connectivity index (χ4v) is 2.89. The first-order chi connectivity index (χ1) is 13.9. The number of amides is 1. The van der Waals surface area contributed by atoms with E-state index in [0.717, 1.165) is 17.0 Å². The molecule has 5 nitrogen and oxygen atoms in total. The number of ether oxygens (including phenoxy) is 1. The number of carbonyl (C=O) groups excluding carboxylic acids is 1. The Morgan fingerprint density at radius 3 is 2.48 bits per heavy atom. The molecular weight excluding hydrogens is 376 g/mol. The summed E-state index contributed by atoms with van der Waals surface area (Å²) in [4.78, 5) is 12.3. The van der Waals surface area contributed by atoms with Gasteiger partial charge < -0.3 is 10.1 Å². The van der Waals surface area contributed by atoms with Crippen molar-refractivity contribution in [3.63, 3.8) is 0 Å². The molecule has 3 rings (SSSR count). The minimum atomic E-state index is -2.86. The monoisotopic (exact) mass is 397 g/mol. The first-order valence-corrected chi connectivity index (χ1v) is 9.04. The molecule has 2 aromatic carbocycles. The van der Waals surface area contributed by atoms with Gasteiger partial charge in [0, 0.05) is 6.08 Å². The number of halogens is 2. The summed E-state index contributed by atoms with van der Waals surface area (Å²) in [5.74, 6) is -0.234. The van der Waals surface area contributed by atoms with Crippen molar-refractivity contribution in [3.05, 3.63) is 83.2 Å². The van der Waals surface area contributed by atoms with Crippen LogP contribution in [0.25, 0.3) is 6.08 Å². The summed E-state index contributed by atoms with van der Waals surface area (Å²) in [7, 11) is 0. The second kappa shape index (κ2) is 9.14. The third-order valence-corrected chi connectivity index (χ3v) is 4.34. The van der Waals surface area contributed by atoms with Crippen LogP contribution in [0.15, 0.2) is 60.7 Å². The van der Waals surface area contributed by atoms with Crippen molar-refractivity contribution in [2.24, 2.45) is 0 Å². The molecule has 0 radical (unpaired) electrons. The SMILES string of the molecule is Cc1nn(Cc2ccccc2)c(C)c1NC(=O)/C=C\c1ccc(OC(F)F)cc1. The van der Waals surface area contributed by atoms with Crippen molar-refractivity contribution in [2.75, 3.05) is 5.32 Å².